The number of benzene rings is 1. The van der Waals surface area contributed by atoms with Gasteiger partial charge in [0.1, 0.15) is 0 Å². The number of nitrogens with two attached hydrogens (primary N) is 1. The van der Waals surface area contributed by atoms with E-state index >= 15 is 0 Å². The zero-order valence-corrected chi connectivity index (χ0v) is 11.6. The van der Waals surface area contributed by atoms with Crippen LogP contribution in [0.25, 0.3) is 0 Å². The molecule has 0 aromatic heterocycles. The van der Waals surface area contributed by atoms with Crippen LogP contribution in [-0.4, -0.2) is 23.9 Å². The molecular weight excluding hydrogens is 222 g/mol. The molecule has 2 N–H and O–H groups in total. The molecule has 0 fully saturated rings. The zero-order valence-electron chi connectivity index (χ0n) is 11.6. The summed E-state index contributed by atoms with van der Waals surface area (Å²) in [6, 6.07) is 8.85. The monoisotopic (exact) mass is 245 g/mol. The van der Waals surface area contributed by atoms with Gasteiger partial charge in [-0.05, 0) is 30.9 Å². The molecule has 98 valence electrons. The second-order valence-corrected chi connectivity index (χ2v) is 5.15. The van der Waals surface area contributed by atoms with Crippen LogP contribution < -0.4 is 5.73 Å². The van der Waals surface area contributed by atoms with Crippen LogP contribution in [0.2, 0.25) is 0 Å². The van der Waals surface area contributed by atoms with E-state index in [1.54, 1.807) is 0 Å². The lowest BCUT2D eigenvalue weighted by Gasteiger charge is -2.36. The number of aryl methyl sites for hydroxylation is 1. The van der Waals surface area contributed by atoms with Crippen molar-refractivity contribution in [2.24, 2.45) is 10.7 Å². The second kappa shape index (κ2) is 5.01. The van der Waals surface area contributed by atoms with Gasteiger partial charge in [-0.15, -0.1) is 0 Å². The highest BCUT2D eigenvalue weighted by Gasteiger charge is 2.38. The predicted molar refractivity (Wildman–Crippen MR) is 76.7 cm³/mol. The predicted octanol–water partition coefficient (Wildman–Crippen LogP) is 2.50. The highest BCUT2D eigenvalue weighted by Crippen LogP contribution is 2.32. The van der Waals surface area contributed by atoms with Gasteiger partial charge >= 0.3 is 0 Å². The van der Waals surface area contributed by atoms with E-state index in [1.807, 2.05) is 0 Å². The molecule has 0 spiro atoms. The van der Waals surface area contributed by atoms with Crippen LogP contribution in [0.5, 0.6) is 0 Å². The maximum atomic E-state index is 6.01. The van der Waals surface area contributed by atoms with Crippen molar-refractivity contribution in [1.29, 1.82) is 0 Å². The lowest BCUT2D eigenvalue weighted by molar-refractivity contribution is 0.225. The summed E-state index contributed by atoms with van der Waals surface area (Å²) in [6.07, 6.45) is 2.16. The van der Waals surface area contributed by atoms with E-state index in [0.717, 1.165) is 25.9 Å². The number of hydrogen-bond donors (Lipinski definition) is 1. The Bertz CT molecular complexity index is 436. The molecule has 3 heteroatoms. The molecule has 0 saturated carbocycles. The fraction of sp³-hybridized carbons (Fsp3) is 0.533. The van der Waals surface area contributed by atoms with Gasteiger partial charge < -0.3 is 10.6 Å². The van der Waals surface area contributed by atoms with Crippen molar-refractivity contribution in [2.75, 3.05) is 13.1 Å². The third-order valence-corrected chi connectivity index (χ3v) is 3.85. The second-order valence-electron chi connectivity index (χ2n) is 5.15. The quantitative estimate of drug-likeness (QED) is 0.885. The topological polar surface area (TPSA) is 41.6 Å². The molecule has 1 heterocycles. The third-order valence-electron chi connectivity index (χ3n) is 3.85. The highest BCUT2D eigenvalue weighted by molar-refractivity contribution is 5.81. The smallest absolute Gasteiger partial charge is 0.192 e. The van der Waals surface area contributed by atoms with Crippen molar-refractivity contribution in [2.45, 2.75) is 39.2 Å². The molecule has 0 radical (unpaired) electrons. The molecule has 1 aliphatic heterocycles. The maximum absolute atomic E-state index is 6.01. The van der Waals surface area contributed by atoms with E-state index < -0.39 is 0 Å². The minimum absolute atomic E-state index is 0.0770. The molecule has 1 atom stereocenters. The largest absolute Gasteiger partial charge is 0.370 e. The first-order chi connectivity index (χ1) is 8.61. The molecule has 1 unspecified atom stereocenters. The average Bonchev–Trinajstić information content (AvgIpc) is 2.69. The molecule has 2 rings (SSSR count). The van der Waals surface area contributed by atoms with E-state index in [1.165, 1.54) is 11.1 Å². The first-order valence-corrected chi connectivity index (χ1v) is 6.78. The summed E-state index contributed by atoms with van der Waals surface area (Å²) in [5.74, 6) is 0.680. The van der Waals surface area contributed by atoms with Crippen LogP contribution in [0.1, 0.15) is 38.3 Å². The van der Waals surface area contributed by atoms with Crippen molar-refractivity contribution >= 4 is 5.96 Å². The summed E-state index contributed by atoms with van der Waals surface area (Å²) in [4.78, 5) is 6.66. The summed E-state index contributed by atoms with van der Waals surface area (Å²) in [7, 11) is 0. The molecule has 1 aliphatic rings. The van der Waals surface area contributed by atoms with Gasteiger partial charge in [-0.25, -0.2) is 0 Å². The SMILES string of the molecule is CCCN1C(N)=NCC1(C)c1ccc(CC)cc1. The Labute approximate surface area is 110 Å². The van der Waals surface area contributed by atoms with Gasteiger partial charge in [-0.1, -0.05) is 38.1 Å². The van der Waals surface area contributed by atoms with Crippen LogP contribution in [0, 0.1) is 0 Å². The van der Waals surface area contributed by atoms with Crippen LogP contribution in [0.3, 0.4) is 0 Å². The Kier molecular flexibility index (Phi) is 3.60. The van der Waals surface area contributed by atoms with Crippen LogP contribution in [-0.2, 0) is 12.0 Å². The molecule has 0 aliphatic carbocycles. The van der Waals surface area contributed by atoms with Gasteiger partial charge in [-0.3, -0.25) is 4.99 Å². The van der Waals surface area contributed by atoms with Crippen molar-refractivity contribution in [3.05, 3.63) is 35.4 Å². The normalized spacial score (nSPS) is 23.3. The van der Waals surface area contributed by atoms with E-state index in [-0.39, 0.29) is 5.54 Å². The lowest BCUT2D eigenvalue weighted by atomic mass is 9.90. The molecular formula is C15H23N3. The summed E-state index contributed by atoms with van der Waals surface area (Å²) in [6.45, 7) is 8.29. The van der Waals surface area contributed by atoms with Gasteiger partial charge in [0, 0.05) is 6.54 Å². The van der Waals surface area contributed by atoms with Crippen LogP contribution in [0.15, 0.2) is 29.3 Å². The number of nitrogens with zero attached hydrogens (tertiary/aromatic N) is 2. The minimum atomic E-state index is -0.0770. The van der Waals surface area contributed by atoms with Crippen molar-refractivity contribution in [3.63, 3.8) is 0 Å². The first kappa shape index (κ1) is 12.9. The summed E-state index contributed by atoms with van der Waals surface area (Å²) >= 11 is 0. The fourth-order valence-corrected chi connectivity index (χ4v) is 2.59. The summed E-state index contributed by atoms with van der Waals surface area (Å²) in [5, 5.41) is 0. The Morgan fingerprint density at radius 2 is 1.94 bits per heavy atom. The van der Waals surface area contributed by atoms with Gasteiger partial charge in [-0.2, -0.15) is 0 Å². The summed E-state index contributed by atoms with van der Waals surface area (Å²) in [5.41, 5.74) is 8.61. The van der Waals surface area contributed by atoms with Crippen LogP contribution >= 0.6 is 0 Å². The van der Waals surface area contributed by atoms with Crippen molar-refractivity contribution in [3.8, 4) is 0 Å². The number of aliphatic imine (C=N–C) groups is 1. The first-order valence-electron chi connectivity index (χ1n) is 6.78. The zero-order chi connectivity index (χ0) is 13.2. The van der Waals surface area contributed by atoms with Gasteiger partial charge in [0.15, 0.2) is 5.96 Å². The Hall–Kier alpha value is -1.51. The van der Waals surface area contributed by atoms with Gasteiger partial charge in [0.05, 0.1) is 12.1 Å². The molecule has 0 bridgehead atoms. The minimum Gasteiger partial charge on any atom is -0.370 e. The van der Waals surface area contributed by atoms with Gasteiger partial charge in [0.25, 0.3) is 0 Å². The van der Waals surface area contributed by atoms with E-state index in [2.05, 4.69) is 54.9 Å². The number of guanidine groups is 1. The number of hydrogen-bond acceptors (Lipinski definition) is 3. The molecule has 1 aromatic rings. The highest BCUT2D eigenvalue weighted by atomic mass is 15.3. The maximum Gasteiger partial charge on any atom is 0.192 e. The standard InChI is InChI=1S/C15H23N3/c1-4-10-18-14(16)17-11-15(18,3)13-8-6-12(5-2)7-9-13/h6-9H,4-5,10-11H2,1-3H3,(H2,16,17). The third kappa shape index (κ3) is 2.09. The number of rotatable bonds is 4. The Balaban J connectivity index is 2.29. The van der Waals surface area contributed by atoms with Crippen molar-refractivity contribution in [1.82, 2.24) is 4.90 Å². The van der Waals surface area contributed by atoms with Crippen LogP contribution in [0.4, 0.5) is 0 Å². The average molecular weight is 245 g/mol. The molecule has 1 aromatic carbocycles. The Morgan fingerprint density at radius 1 is 1.28 bits per heavy atom. The molecule has 0 saturated heterocycles. The van der Waals surface area contributed by atoms with E-state index in [0.29, 0.717) is 5.96 Å². The lowest BCUT2D eigenvalue weighted by Crippen LogP contribution is -2.47. The van der Waals surface area contributed by atoms with E-state index in [9.17, 15) is 0 Å². The van der Waals surface area contributed by atoms with Crippen molar-refractivity contribution < 1.29 is 0 Å². The fourth-order valence-electron chi connectivity index (χ4n) is 2.59. The molecule has 3 nitrogen and oxygen atoms in total. The Morgan fingerprint density at radius 3 is 2.50 bits per heavy atom. The molecule has 18 heavy (non-hydrogen) atoms. The van der Waals surface area contributed by atoms with Gasteiger partial charge in [0.2, 0.25) is 0 Å². The van der Waals surface area contributed by atoms with E-state index in [4.69, 9.17) is 5.73 Å². The molecule has 0 amide bonds. The summed E-state index contributed by atoms with van der Waals surface area (Å²) < 4.78 is 0.